The van der Waals surface area contributed by atoms with Crippen LogP contribution in [0.25, 0.3) is 0 Å². The molecular formula is C16H13NO3. The standard InChI is InChI=1S/C16H13NO3/c1-11(18)15-5-3-4-6-16(15)20-14-8-12(10-17)7-13(9-14)19-2/h3-9H,1-2H3. The second-order valence-corrected chi connectivity index (χ2v) is 4.16. The molecule has 0 aliphatic rings. The minimum atomic E-state index is -0.0796. The molecule has 0 aliphatic heterocycles. The van der Waals surface area contributed by atoms with E-state index in [9.17, 15) is 4.79 Å². The molecule has 0 N–H and O–H groups in total. The highest BCUT2D eigenvalue weighted by Gasteiger charge is 2.10. The predicted molar refractivity (Wildman–Crippen MR) is 74.2 cm³/mol. The van der Waals surface area contributed by atoms with E-state index in [1.165, 1.54) is 14.0 Å². The van der Waals surface area contributed by atoms with Gasteiger partial charge in [-0.25, -0.2) is 0 Å². The summed E-state index contributed by atoms with van der Waals surface area (Å²) in [5, 5.41) is 8.98. The highest BCUT2D eigenvalue weighted by Crippen LogP contribution is 2.29. The van der Waals surface area contributed by atoms with Crippen molar-refractivity contribution in [2.45, 2.75) is 6.92 Å². The molecule has 4 heteroatoms. The number of hydrogen-bond acceptors (Lipinski definition) is 4. The topological polar surface area (TPSA) is 59.3 Å². The van der Waals surface area contributed by atoms with Gasteiger partial charge in [0.1, 0.15) is 17.2 Å². The Morgan fingerprint density at radius 3 is 2.50 bits per heavy atom. The molecule has 0 aromatic heterocycles. The van der Waals surface area contributed by atoms with Crippen LogP contribution in [0, 0.1) is 11.3 Å². The Kier molecular flexibility index (Phi) is 4.02. The Labute approximate surface area is 117 Å². The molecule has 2 aromatic carbocycles. The van der Waals surface area contributed by atoms with E-state index in [1.807, 2.05) is 6.07 Å². The molecule has 20 heavy (non-hydrogen) atoms. The molecule has 0 atom stereocenters. The summed E-state index contributed by atoms with van der Waals surface area (Å²) in [7, 11) is 1.52. The minimum absolute atomic E-state index is 0.0796. The Balaban J connectivity index is 2.40. The quantitative estimate of drug-likeness (QED) is 0.795. The fourth-order valence-corrected chi connectivity index (χ4v) is 1.79. The van der Waals surface area contributed by atoms with Crippen molar-refractivity contribution in [3.63, 3.8) is 0 Å². The molecule has 0 unspecified atom stereocenters. The normalized spacial score (nSPS) is 9.65. The summed E-state index contributed by atoms with van der Waals surface area (Å²) in [5.74, 6) is 1.36. The Bertz CT molecular complexity index is 686. The molecule has 2 rings (SSSR count). The van der Waals surface area contributed by atoms with E-state index < -0.39 is 0 Å². The summed E-state index contributed by atoms with van der Waals surface area (Å²) >= 11 is 0. The van der Waals surface area contributed by atoms with Gasteiger partial charge in [0.2, 0.25) is 0 Å². The van der Waals surface area contributed by atoms with Crippen LogP contribution in [-0.4, -0.2) is 12.9 Å². The van der Waals surface area contributed by atoms with Gasteiger partial charge in [-0.2, -0.15) is 5.26 Å². The minimum Gasteiger partial charge on any atom is -0.497 e. The maximum Gasteiger partial charge on any atom is 0.163 e. The summed E-state index contributed by atoms with van der Waals surface area (Å²) in [6.07, 6.45) is 0. The van der Waals surface area contributed by atoms with Crippen LogP contribution in [0.4, 0.5) is 0 Å². The molecule has 0 saturated carbocycles. The number of carbonyl (C=O) groups excluding carboxylic acids is 1. The first-order chi connectivity index (χ1) is 9.63. The third kappa shape index (κ3) is 2.96. The van der Waals surface area contributed by atoms with E-state index in [0.29, 0.717) is 28.4 Å². The van der Waals surface area contributed by atoms with Crippen LogP contribution in [0.1, 0.15) is 22.8 Å². The van der Waals surface area contributed by atoms with Crippen LogP contribution in [0.5, 0.6) is 17.2 Å². The zero-order chi connectivity index (χ0) is 14.5. The molecule has 0 saturated heterocycles. The second-order valence-electron chi connectivity index (χ2n) is 4.16. The molecule has 0 heterocycles. The average molecular weight is 267 g/mol. The molecule has 0 fully saturated rings. The monoisotopic (exact) mass is 267 g/mol. The van der Waals surface area contributed by atoms with Crippen molar-refractivity contribution in [1.82, 2.24) is 0 Å². The zero-order valence-corrected chi connectivity index (χ0v) is 11.2. The fraction of sp³-hybridized carbons (Fsp3) is 0.125. The molecule has 0 bridgehead atoms. The van der Waals surface area contributed by atoms with E-state index in [1.54, 1.807) is 42.5 Å². The number of benzene rings is 2. The molecule has 0 amide bonds. The maximum atomic E-state index is 11.5. The first kappa shape index (κ1) is 13.6. The van der Waals surface area contributed by atoms with Gasteiger partial charge >= 0.3 is 0 Å². The van der Waals surface area contributed by atoms with Crippen molar-refractivity contribution in [1.29, 1.82) is 5.26 Å². The lowest BCUT2D eigenvalue weighted by Crippen LogP contribution is -1.97. The molecule has 2 aromatic rings. The van der Waals surface area contributed by atoms with Crippen molar-refractivity contribution < 1.29 is 14.3 Å². The number of carbonyl (C=O) groups is 1. The summed E-state index contributed by atoms with van der Waals surface area (Å²) in [6, 6.07) is 13.9. The van der Waals surface area contributed by atoms with Crippen LogP contribution in [0.2, 0.25) is 0 Å². The molecular weight excluding hydrogens is 254 g/mol. The number of Topliss-reactive ketones (excluding diaryl/α,β-unsaturated/α-hetero) is 1. The zero-order valence-electron chi connectivity index (χ0n) is 11.2. The molecule has 100 valence electrons. The van der Waals surface area contributed by atoms with Gasteiger partial charge in [0, 0.05) is 6.07 Å². The van der Waals surface area contributed by atoms with Crippen LogP contribution in [-0.2, 0) is 0 Å². The molecule has 0 aliphatic carbocycles. The fourth-order valence-electron chi connectivity index (χ4n) is 1.79. The van der Waals surface area contributed by atoms with Gasteiger partial charge in [-0.05, 0) is 31.2 Å². The van der Waals surface area contributed by atoms with Crippen LogP contribution >= 0.6 is 0 Å². The van der Waals surface area contributed by atoms with E-state index in [4.69, 9.17) is 14.7 Å². The summed E-state index contributed by atoms with van der Waals surface area (Å²) in [6.45, 7) is 1.48. The van der Waals surface area contributed by atoms with E-state index in [-0.39, 0.29) is 5.78 Å². The third-order valence-corrected chi connectivity index (χ3v) is 2.74. The van der Waals surface area contributed by atoms with Gasteiger partial charge in [-0.3, -0.25) is 4.79 Å². The van der Waals surface area contributed by atoms with Crippen molar-refractivity contribution in [3.05, 3.63) is 53.6 Å². The average Bonchev–Trinajstić information content (AvgIpc) is 2.47. The summed E-state index contributed by atoms with van der Waals surface area (Å²) in [4.78, 5) is 11.5. The van der Waals surface area contributed by atoms with Gasteiger partial charge in [0.25, 0.3) is 0 Å². The lowest BCUT2D eigenvalue weighted by molar-refractivity contribution is 0.101. The molecule has 4 nitrogen and oxygen atoms in total. The molecule has 0 radical (unpaired) electrons. The highest BCUT2D eigenvalue weighted by atomic mass is 16.5. The van der Waals surface area contributed by atoms with Crippen molar-refractivity contribution >= 4 is 5.78 Å². The smallest absolute Gasteiger partial charge is 0.163 e. The van der Waals surface area contributed by atoms with Crippen LogP contribution in [0.15, 0.2) is 42.5 Å². The van der Waals surface area contributed by atoms with E-state index in [0.717, 1.165) is 0 Å². The van der Waals surface area contributed by atoms with E-state index >= 15 is 0 Å². The van der Waals surface area contributed by atoms with Gasteiger partial charge in [0.15, 0.2) is 5.78 Å². The SMILES string of the molecule is COc1cc(C#N)cc(Oc2ccccc2C(C)=O)c1. The number of nitriles is 1. The predicted octanol–water partition coefficient (Wildman–Crippen LogP) is 3.56. The van der Waals surface area contributed by atoms with Crippen molar-refractivity contribution in [2.24, 2.45) is 0 Å². The van der Waals surface area contributed by atoms with Gasteiger partial charge < -0.3 is 9.47 Å². The maximum absolute atomic E-state index is 11.5. The Morgan fingerprint density at radius 2 is 1.85 bits per heavy atom. The van der Waals surface area contributed by atoms with Gasteiger partial charge in [-0.1, -0.05) is 12.1 Å². The highest BCUT2D eigenvalue weighted by molar-refractivity contribution is 5.96. The van der Waals surface area contributed by atoms with E-state index in [2.05, 4.69) is 0 Å². The first-order valence-corrected chi connectivity index (χ1v) is 6.01. The van der Waals surface area contributed by atoms with Gasteiger partial charge in [0.05, 0.1) is 24.3 Å². The Morgan fingerprint density at radius 1 is 1.15 bits per heavy atom. The second kappa shape index (κ2) is 5.89. The number of hydrogen-bond donors (Lipinski definition) is 0. The Hall–Kier alpha value is -2.80. The number of nitrogens with zero attached hydrogens (tertiary/aromatic N) is 1. The van der Waals surface area contributed by atoms with Crippen molar-refractivity contribution in [3.8, 4) is 23.3 Å². The van der Waals surface area contributed by atoms with Crippen molar-refractivity contribution in [2.75, 3.05) is 7.11 Å². The lowest BCUT2D eigenvalue weighted by Gasteiger charge is -2.10. The number of rotatable bonds is 4. The number of ketones is 1. The van der Waals surface area contributed by atoms with Crippen LogP contribution in [0.3, 0.4) is 0 Å². The number of methoxy groups -OCH3 is 1. The van der Waals surface area contributed by atoms with Gasteiger partial charge in [-0.15, -0.1) is 0 Å². The number of para-hydroxylation sites is 1. The summed E-state index contributed by atoms with van der Waals surface area (Å²) < 4.78 is 10.8. The number of ether oxygens (including phenoxy) is 2. The first-order valence-electron chi connectivity index (χ1n) is 6.01. The largest absolute Gasteiger partial charge is 0.497 e. The third-order valence-electron chi connectivity index (χ3n) is 2.74. The lowest BCUT2D eigenvalue weighted by atomic mass is 10.1. The van der Waals surface area contributed by atoms with Crippen LogP contribution < -0.4 is 9.47 Å². The molecule has 0 spiro atoms. The summed E-state index contributed by atoms with van der Waals surface area (Å²) in [5.41, 5.74) is 0.925.